The first-order valence-electron chi connectivity index (χ1n) is 6.60. The van der Waals surface area contributed by atoms with Gasteiger partial charge in [0, 0.05) is 23.4 Å². The van der Waals surface area contributed by atoms with Crippen LogP contribution in [0, 0.1) is 10.1 Å². The third-order valence-corrected chi connectivity index (χ3v) is 2.91. The molecule has 0 fully saturated rings. The number of nitro benzene ring substituents is 1. The number of benzene rings is 1. The summed E-state index contributed by atoms with van der Waals surface area (Å²) in [4.78, 5) is 22.0. The van der Waals surface area contributed by atoms with Gasteiger partial charge in [-0.15, -0.1) is 0 Å². The maximum Gasteiger partial charge on any atom is 0.291 e. The van der Waals surface area contributed by atoms with E-state index in [-0.39, 0.29) is 17.3 Å². The zero-order valence-corrected chi connectivity index (χ0v) is 12.1. The van der Waals surface area contributed by atoms with E-state index in [4.69, 9.17) is 0 Å². The molecule has 2 rings (SSSR count). The standard InChI is InChI=1S/C14H15N5O3/c1-9(2)12-7-13(17-16-12)14(20)18-15-8-10-4-3-5-11(6-10)19(21)22/h3-9H,1-2H3,(H,16,17)(H,18,20)/b15-8-. The first-order chi connectivity index (χ1) is 10.5. The predicted octanol–water partition coefficient (Wildman–Crippen LogP) is 2.21. The molecular weight excluding hydrogens is 286 g/mol. The molecule has 0 radical (unpaired) electrons. The van der Waals surface area contributed by atoms with Gasteiger partial charge in [-0.3, -0.25) is 20.0 Å². The van der Waals surface area contributed by atoms with Crippen LogP contribution in [0.5, 0.6) is 0 Å². The summed E-state index contributed by atoms with van der Waals surface area (Å²) in [5, 5.41) is 21.1. The highest BCUT2D eigenvalue weighted by Crippen LogP contribution is 2.12. The van der Waals surface area contributed by atoms with E-state index in [1.807, 2.05) is 13.8 Å². The maximum absolute atomic E-state index is 11.8. The average molecular weight is 301 g/mol. The van der Waals surface area contributed by atoms with Gasteiger partial charge >= 0.3 is 0 Å². The Kier molecular flexibility index (Phi) is 4.62. The van der Waals surface area contributed by atoms with Gasteiger partial charge in [0.2, 0.25) is 0 Å². The van der Waals surface area contributed by atoms with Crippen molar-refractivity contribution in [1.82, 2.24) is 15.6 Å². The summed E-state index contributed by atoms with van der Waals surface area (Å²) in [5.74, 6) is -0.216. The van der Waals surface area contributed by atoms with Crippen molar-refractivity contribution in [2.24, 2.45) is 5.10 Å². The summed E-state index contributed by atoms with van der Waals surface area (Å²) in [6.45, 7) is 3.96. The number of amides is 1. The second-order valence-corrected chi connectivity index (χ2v) is 4.91. The number of hydrogen-bond donors (Lipinski definition) is 2. The lowest BCUT2D eigenvalue weighted by Gasteiger charge is -1.97. The van der Waals surface area contributed by atoms with Crippen molar-refractivity contribution in [3.63, 3.8) is 0 Å². The number of rotatable bonds is 5. The Hall–Kier alpha value is -3.03. The molecule has 0 unspecified atom stereocenters. The maximum atomic E-state index is 11.8. The third-order valence-electron chi connectivity index (χ3n) is 2.91. The number of carbonyl (C=O) groups is 1. The molecule has 0 bridgehead atoms. The molecule has 22 heavy (non-hydrogen) atoms. The highest BCUT2D eigenvalue weighted by atomic mass is 16.6. The zero-order chi connectivity index (χ0) is 16.1. The SMILES string of the molecule is CC(C)c1cc(C(=O)N/N=C\c2cccc([N+](=O)[O-])c2)n[nH]1. The number of carbonyl (C=O) groups excluding carboxylic acids is 1. The lowest BCUT2D eigenvalue weighted by Crippen LogP contribution is -2.18. The fourth-order valence-corrected chi connectivity index (χ4v) is 1.69. The summed E-state index contributed by atoms with van der Waals surface area (Å²) in [6.07, 6.45) is 1.33. The Morgan fingerprint density at radius 3 is 2.86 bits per heavy atom. The van der Waals surface area contributed by atoms with Gasteiger partial charge in [-0.1, -0.05) is 26.0 Å². The van der Waals surface area contributed by atoms with Crippen molar-refractivity contribution < 1.29 is 9.72 Å². The largest absolute Gasteiger partial charge is 0.291 e. The van der Waals surface area contributed by atoms with Gasteiger partial charge in [0.1, 0.15) is 0 Å². The van der Waals surface area contributed by atoms with Crippen molar-refractivity contribution in [2.45, 2.75) is 19.8 Å². The summed E-state index contributed by atoms with van der Waals surface area (Å²) in [5.41, 5.74) is 3.89. The van der Waals surface area contributed by atoms with Crippen molar-refractivity contribution >= 4 is 17.8 Å². The number of non-ortho nitro benzene ring substituents is 1. The molecule has 1 aromatic heterocycles. The van der Waals surface area contributed by atoms with Crippen molar-refractivity contribution in [2.75, 3.05) is 0 Å². The fraction of sp³-hybridized carbons (Fsp3) is 0.214. The molecule has 0 atom stereocenters. The second kappa shape index (κ2) is 6.61. The summed E-state index contributed by atoms with van der Waals surface area (Å²) < 4.78 is 0. The van der Waals surface area contributed by atoms with E-state index in [0.717, 1.165) is 5.69 Å². The van der Waals surface area contributed by atoms with Crippen LogP contribution in [0.25, 0.3) is 0 Å². The minimum atomic E-state index is -0.493. The number of nitro groups is 1. The van der Waals surface area contributed by atoms with E-state index >= 15 is 0 Å². The fourth-order valence-electron chi connectivity index (χ4n) is 1.69. The smallest absolute Gasteiger partial charge is 0.282 e. The Labute approximate surface area is 126 Å². The van der Waals surface area contributed by atoms with E-state index in [2.05, 4.69) is 20.7 Å². The number of aromatic nitrogens is 2. The number of hydrogen-bond acceptors (Lipinski definition) is 5. The molecule has 8 nitrogen and oxygen atoms in total. The van der Waals surface area contributed by atoms with E-state index in [1.54, 1.807) is 18.2 Å². The monoisotopic (exact) mass is 301 g/mol. The van der Waals surface area contributed by atoms with E-state index in [1.165, 1.54) is 18.3 Å². The molecule has 0 aliphatic carbocycles. The van der Waals surface area contributed by atoms with Crippen LogP contribution < -0.4 is 5.43 Å². The minimum Gasteiger partial charge on any atom is -0.282 e. The molecule has 2 N–H and O–H groups in total. The second-order valence-electron chi connectivity index (χ2n) is 4.91. The molecule has 2 aromatic rings. The molecule has 8 heteroatoms. The third kappa shape index (κ3) is 3.75. The molecule has 1 amide bonds. The highest BCUT2D eigenvalue weighted by Gasteiger charge is 2.11. The van der Waals surface area contributed by atoms with Gasteiger partial charge in [-0.2, -0.15) is 10.2 Å². The van der Waals surface area contributed by atoms with Gasteiger partial charge in [-0.25, -0.2) is 5.43 Å². The topological polar surface area (TPSA) is 113 Å². The van der Waals surface area contributed by atoms with Crippen LogP contribution in [0.2, 0.25) is 0 Å². The van der Waals surface area contributed by atoms with Crippen LogP contribution in [0.15, 0.2) is 35.4 Å². The highest BCUT2D eigenvalue weighted by molar-refractivity contribution is 5.93. The Morgan fingerprint density at radius 2 is 2.23 bits per heavy atom. The van der Waals surface area contributed by atoms with Crippen LogP contribution in [0.1, 0.15) is 41.5 Å². The Bertz CT molecular complexity index is 721. The first-order valence-corrected chi connectivity index (χ1v) is 6.60. The number of nitrogens with one attached hydrogen (secondary N) is 2. The quantitative estimate of drug-likeness (QED) is 0.500. The lowest BCUT2D eigenvalue weighted by molar-refractivity contribution is -0.384. The van der Waals surface area contributed by atoms with Gasteiger partial charge in [0.25, 0.3) is 11.6 Å². The molecule has 0 saturated carbocycles. The summed E-state index contributed by atoms with van der Waals surface area (Å²) in [6, 6.07) is 7.59. The van der Waals surface area contributed by atoms with Crippen LogP contribution in [0.3, 0.4) is 0 Å². The number of H-pyrrole nitrogens is 1. The van der Waals surface area contributed by atoms with Crippen LogP contribution in [-0.4, -0.2) is 27.2 Å². The van der Waals surface area contributed by atoms with E-state index in [9.17, 15) is 14.9 Å². The molecule has 0 aliphatic rings. The number of aromatic amines is 1. The Balaban J connectivity index is 2.00. The average Bonchev–Trinajstić information content (AvgIpc) is 2.97. The normalized spacial score (nSPS) is 11.0. The van der Waals surface area contributed by atoms with Crippen molar-refractivity contribution in [1.29, 1.82) is 0 Å². The molecule has 0 aliphatic heterocycles. The van der Waals surface area contributed by atoms with E-state index < -0.39 is 10.8 Å². The first kappa shape index (κ1) is 15.4. The molecule has 0 saturated heterocycles. The van der Waals surface area contributed by atoms with Gasteiger partial charge in [0.15, 0.2) is 5.69 Å². The van der Waals surface area contributed by atoms with Crippen LogP contribution in [0.4, 0.5) is 5.69 Å². The molecule has 1 heterocycles. The van der Waals surface area contributed by atoms with Crippen molar-refractivity contribution in [3.05, 3.63) is 57.4 Å². The number of hydrazone groups is 1. The summed E-state index contributed by atoms with van der Waals surface area (Å²) in [7, 11) is 0. The number of nitrogens with zero attached hydrogens (tertiary/aromatic N) is 3. The molecule has 1 aromatic carbocycles. The zero-order valence-electron chi connectivity index (χ0n) is 12.1. The molecule has 0 spiro atoms. The van der Waals surface area contributed by atoms with Gasteiger partial charge < -0.3 is 0 Å². The Morgan fingerprint density at radius 1 is 1.45 bits per heavy atom. The van der Waals surface area contributed by atoms with Gasteiger partial charge in [-0.05, 0) is 12.0 Å². The van der Waals surface area contributed by atoms with Crippen molar-refractivity contribution in [3.8, 4) is 0 Å². The lowest BCUT2D eigenvalue weighted by atomic mass is 10.1. The molecule has 114 valence electrons. The predicted molar refractivity (Wildman–Crippen MR) is 80.8 cm³/mol. The summed E-state index contributed by atoms with van der Waals surface area (Å²) >= 11 is 0. The molecular formula is C14H15N5O3. The van der Waals surface area contributed by atoms with Crippen LogP contribution >= 0.6 is 0 Å². The van der Waals surface area contributed by atoms with E-state index in [0.29, 0.717) is 5.56 Å². The minimum absolute atomic E-state index is 0.0378. The van der Waals surface area contributed by atoms with Gasteiger partial charge in [0.05, 0.1) is 11.1 Å². The van der Waals surface area contributed by atoms with Crippen LogP contribution in [-0.2, 0) is 0 Å².